The van der Waals surface area contributed by atoms with Gasteiger partial charge in [-0.15, -0.1) is 0 Å². The van der Waals surface area contributed by atoms with Gasteiger partial charge in [0.05, 0.1) is 5.69 Å². The number of hydrogen-bond donors (Lipinski definition) is 0. The van der Waals surface area contributed by atoms with Gasteiger partial charge < -0.3 is 4.79 Å². The second kappa shape index (κ2) is 3.92. The normalized spacial score (nSPS) is 10.8. The number of carbonyl (C=O) groups excluding carboxylic acids is 1. The molecular weight excluding hydrogens is 188 g/mol. The van der Waals surface area contributed by atoms with Crippen LogP contribution in [0.15, 0.2) is 0 Å². The van der Waals surface area contributed by atoms with Crippen LogP contribution in [0.4, 0.5) is 0 Å². The molecular formula is C9H13ClN2O. The number of hydrogen-bond acceptors (Lipinski definition) is 2. The predicted molar refractivity (Wildman–Crippen MR) is 52.1 cm³/mol. The van der Waals surface area contributed by atoms with E-state index in [0.29, 0.717) is 17.5 Å². The molecule has 0 bridgehead atoms. The minimum Gasteiger partial charge on any atom is -0.303 e. The van der Waals surface area contributed by atoms with Crippen LogP contribution in [0.25, 0.3) is 0 Å². The van der Waals surface area contributed by atoms with Crippen molar-refractivity contribution in [3.63, 3.8) is 0 Å². The van der Waals surface area contributed by atoms with Gasteiger partial charge in [-0.1, -0.05) is 25.4 Å². The Labute approximate surface area is 82.7 Å². The standard InChI is InChI=1S/C9H13ClN2O/c1-6(2)8-7(4-5-13)9(10)12(3)11-8/h5-6H,4H2,1-3H3. The van der Waals surface area contributed by atoms with Crippen molar-refractivity contribution in [1.29, 1.82) is 0 Å². The Hall–Kier alpha value is -0.830. The van der Waals surface area contributed by atoms with Gasteiger partial charge in [-0.25, -0.2) is 0 Å². The Balaban J connectivity index is 3.18. The van der Waals surface area contributed by atoms with Crippen LogP contribution in [-0.2, 0) is 18.3 Å². The molecule has 0 spiro atoms. The topological polar surface area (TPSA) is 34.9 Å². The lowest BCUT2D eigenvalue weighted by atomic mass is 10.0. The van der Waals surface area contributed by atoms with Crippen molar-refractivity contribution >= 4 is 17.9 Å². The number of carbonyl (C=O) groups is 1. The maximum Gasteiger partial charge on any atom is 0.130 e. The van der Waals surface area contributed by atoms with E-state index < -0.39 is 0 Å². The smallest absolute Gasteiger partial charge is 0.130 e. The largest absolute Gasteiger partial charge is 0.303 e. The molecule has 0 saturated carbocycles. The first-order valence-corrected chi connectivity index (χ1v) is 4.60. The molecule has 1 aromatic rings. The number of rotatable bonds is 3. The van der Waals surface area contributed by atoms with Crippen molar-refractivity contribution < 1.29 is 4.79 Å². The van der Waals surface area contributed by atoms with Crippen molar-refractivity contribution in [2.24, 2.45) is 7.05 Å². The van der Waals surface area contributed by atoms with Gasteiger partial charge in [-0.05, 0) is 5.92 Å². The Morgan fingerprint density at radius 1 is 1.62 bits per heavy atom. The number of aromatic nitrogens is 2. The third-order valence-corrected chi connectivity index (χ3v) is 2.41. The highest BCUT2D eigenvalue weighted by Crippen LogP contribution is 2.24. The lowest BCUT2D eigenvalue weighted by Gasteiger charge is -2.01. The summed E-state index contributed by atoms with van der Waals surface area (Å²) in [7, 11) is 1.78. The highest BCUT2D eigenvalue weighted by molar-refractivity contribution is 6.30. The van der Waals surface area contributed by atoms with Crippen molar-refractivity contribution in [2.45, 2.75) is 26.2 Å². The van der Waals surface area contributed by atoms with Crippen molar-refractivity contribution in [3.8, 4) is 0 Å². The van der Waals surface area contributed by atoms with Gasteiger partial charge in [0.15, 0.2) is 0 Å². The van der Waals surface area contributed by atoms with Crippen molar-refractivity contribution in [2.75, 3.05) is 0 Å². The monoisotopic (exact) mass is 200 g/mol. The van der Waals surface area contributed by atoms with Crippen LogP contribution in [0.3, 0.4) is 0 Å². The molecule has 3 nitrogen and oxygen atoms in total. The molecule has 0 aliphatic heterocycles. The van der Waals surface area contributed by atoms with E-state index in [-0.39, 0.29) is 0 Å². The fourth-order valence-electron chi connectivity index (χ4n) is 1.30. The second-order valence-corrected chi connectivity index (χ2v) is 3.66. The highest BCUT2D eigenvalue weighted by Gasteiger charge is 2.15. The molecule has 0 aliphatic carbocycles. The van der Waals surface area contributed by atoms with Crippen LogP contribution in [0.1, 0.15) is 31.0 Å². The molecule has 0 amide bonds. The fourth-order valence-corrected chi connectivity index (χ4v) is 1.51. The molecule has 0 radical (unpaired) electrons. The molecule has 0 unspecified atom stereocenters. The molecule has 0 aromatic carbocycles. The minimum atomic E-state index is 0.300. The summed E-state index contributed by atoms with van der Waals surface area (Å²) in [5, 5.41) is 4.82. The van der Waals surface area contributed by atoms with Gasteiger partial charge in [-0.3, -0.25) is 4.68 Å². The number of halogens is 1. The van der Waals surface area contributed by atoms with Crippen LogP contribution in [0.2, 0.25) is 5.15 Å². The SMILES string of the molecule is CC(C)c1nn(C)c(Cl)c1CC=O. The first-order valence-electron chi connectivity index (χ1n) is 4.22. The number of aryl methyl sites for hydroxylation is 1. The average Bonchev–Trinajstić information content (AvgIpc) is 2.33. The van der Waals surface area contributed by atoms with Gasteiger partial charge in [0.25, 0.3) is 0 Å². The lowest BCUT2D eigenvalue weighted by molar-refractivity contribution is -0.107. The molecule has 1 rings (SSSR count). The number of nitrogens with zero attached hydrogens (tertiary/aromatic N) is 2. The summed E-state index contributed by atoms with van der Waals surface area (Å²) < 4.78 is 1.61. The van der Waals surface area contributed by atoms with Gasteiger partial charge in [0.1, 0.15) is 11.4 Å². The van der Waals surface area contributed by atoms with Crippen molar-refractivity contribution in [1.82, 2.24) is 9.78 Å². The van der Waals surface area contributed by atoms with Crippen LogP contribution in [-0.4, -0.2) is 16.1 Å². The van der Waals surface area contributed by atoms with Crippen LogP contribution < -0.4 is 0 Å². The van der Waals surface area contributed by atoms with Gasteiger partial charge in [-0.2, -0.15) is 5.10 Å². The Bertz CT molecular complexity index is 318. The van der Waals surface area contributed by atoms with E-state index in [1.165, 1.54) is 0 Å². The molecule has 0 fully saturated rings. The molecule has 1 aromatic heterocycles. The van der Waals surface area contributed by atoms with E-state index in [2.05, 4.69) is 5.10 Å². The summed E-state index contributed by atoms with van der Waals surface area (Å²) >= 11 is 5.98. The van der Waals surface area contributed by atoms with Gasteiger partial charge >= 0.3 is 0 Å². The number of aldehydes is 1. The zero-order chi connectivity index (χ0) is 10.0. The zero-order valence-electron chi connectivity index (χ0n) is 8.04. The minimum absolute atomic E-state index is 0.300. The zero-order valence-corrected chi connectivity index (χ0v) is 8.80. The maximum atomic E-state index is 10.4. The fraction of sp³-hybridized carbons (Fsp3) is 0.556. The summed E-state index contributed by atoms with van der Waals surface area (Å²) in [5.74, 6) is 0.300. The average molecular weight is 201 g/mol. The first kappa shape index (κ1) is 10.3. The van der Waals surface area contributed by atoms with E-state index in [4.69, 9.17) is 11.6 Å². The van der Waals surface area contributed by atoms with E-state index in [0.717, 1.165) is 17.5 Å². The highest BCUT2D eigenvalue weighted by atomic mass is 35.5. The van der Waals surface area contributed by atoms with E-state index in [9.17, 15) is 4.79 Å². The summed E-state index contributed by atoms with van der Waals surface area (Å²) in [4.78, 5) is 10.4. The summed E-state index contributed by atoms with van der Waals surface area (Å²) in [6.07, 6.45) is 1.20. The molecule has 0 N–H and O–H groups in total. The van der Waals surface area contributed by atoms with E-state index in [1.807, 2.05) is 13.8 Å². The van der Waals surface area contributed by atoms with Gasteiger partial charge in [0.2, 0.25) is 0 Å². The molecule has 4 heteroatoms. The van der Waals surface area contributed by atoms with Crippen LogP contribution in [0.5, 0.6) is 0 Å². The second-order valence-electron chi connectivity index (χ2n) is 3.30. The van der Waals surface area contributed by atoms with E-state index >= 15 is 0 Å². The van der Waals surface area contributed by atoms with Crippen LogP contribution in [0, 0.1) is 0 Å². The third-order valence-electron chi connectivity index (χ3n) is 1.93. The quantitative estimate of drug-likeness (QED) is 0.699. The molecule has 72 valence electrons. The Kier molecular flexibility index (Phi) is 3.09. The first-order chi connectivity index (χ1) is 6.07. The Morgan fingerprint density at radius 2 is 2.23 bits per heavy atom. The summed E-state index contributed by atoms with van der Waals surface area (Å²) in [6, 6.07) is 0. The van der Waals surface area contributed by atoms with Gasteiger partial charge in [0, 0.05) is 19.0 Å². The Morgan fingerprint density at radius 3 is 2.69 bits per heavy atom. The third kappa shape index (κ3) is 1.91. The molecule has 0 aliphatic rings. The lowest BCUT2D eigenvalue weighted by Crippen LogP contribution is -1.95. The van der Waals surface area contributed by atoms with Crippen molar-refractivity contribution in [3.05, 3.63) is 16.4 Å². The molecule has 13 heavy (non-hydrogen) atoms. The molecule has 1 heterocycles. The predicted octanol–water partition coefficient (Wildman–Crippen LogP) is 1.94. The molecule has 0 atom stereocenters. The summed E-state index contributed by atoms with van der Waals surface area (Å²) in [5.41, 5.74) is 1.77. The maximum absolute atomic E-state index is 10.4. The molecule has 0 saturated heterocycles. The summed E-state index contributed by atoms with van der Waals surface area (Å²) in [6.45, 7) is 4.07. The van der Waals surface area contributed by atoms with E-state index in [1.54, 1.807) is 11.7 Å². The van der Waals surface area contributed by atoms with Crippen LogP contribution >= 0.6 is 11.6 Å².